The standard InChI is InChI=1S/C19H17N3O5S/c23-18-16(20-19(28)21(18)11-15-2-1-9-26-15)10-14-7-8-17(27-14)12-3-5-13(6-4-12)22(24)25/h3-8,10,15H,1-2,9,11H2,(H,20,28)/b16-10+. The summed E-state index contributed by atoms with van der Waals surface area (Å²) in [6.07, 6.45) is 3.52. The van der Waals surface area contributed by atoms with Crippen molar-refractivity contribution >= 4 is 35.0 Å². The van der Waals surface area contributed by atoms with Gasteiger partial charge in [0.15, 0.2) is 5.11 Å². The van der Waals surface area contributed by atoms with E-state index in [1.165, 1.54) is 17.0 Å². The van der Waals surface area contributed by atoms with Crippen molar-refractivity contribution in [1.29, 1.82) is 0 Å². The van der Waals surface area contributed by atoms with E-state index in [4.69, 9.17) is 21.4 Å². The molecule has 144 valence electrons. The van der Waals surface area contributed by atoms with Gasteiger partial charge < -0.3 is 14.5 Å². The summed E-state index contributed by atoms with van der Waals surface area (Å²) in [7, 11) is 0. The highest BCUT2D eigenvalue weighted by Crippen LogP contribution is 2.26. The molecule has 1 atom stereocenters. The van der Waals surface area contributed by atoms with Crippen LogP contribution in [0.5, 0.6) is 0 Å². The van der Waals surface area contributed by atoms with Crippen LogP contribution in [-0.2, 0) is 9.53 Å². The highest BCUT2D eigenvalue weighted by atomic mass is 32.1. The minimum atomic E-state index is -0.454. The van der Waals surface area contributed by atoms with Crippen LogP contribution in [0.1, 0.15) is 18.6 Å². The molecule has 2 saturated heterocycles. The van der Waals surface area contributed by atoms with Crippen molar-refractivity contribution in [1.82, 2.24) is 10.2 Å². The van der Waals surface area contributed by atoms with Crippen LogP contribution in [0.3, 0.4) is 0 Å². The molecule has 0 aliphatic carbocycles. The second-order valence-corrected chi connectivity index (χ2v) is 6.93. The number of nitro benzene ring substituents is 1. The molecule has 0 radical (unpaired) electrons. The Morgan fingerprint density at radius 2 is 2.07 bits per heavy atom. The number of thiocarbonyl (C=S) groups is 1. The number of nitro groups is 1. The SMILES string of the molecule is O=C1/C(=C\c2ccc(-c3ccc([N+](=O)[O-])cc3)o2)NC(=S)N1CC1CCCO1. The van der Waals surface area contributed by atoms with Gasteiger partial charge in [0.2, 0.25) is 0 Å². The van der Waals surface area contributed by atoms with Gasteiger partial charge in [-0.2, -0.15) is 0 Å². The molecule has 2 aliphatic rings. The number of carbonyl (C=O) groups is 1. The van der Waals surface area contributed by atoms with Crippen LogP contribution in [0.4, 0.5) is 5.69 Å². The summed E-state index contributed by atoms with van der Waals surface area (Å²) in [5, 5.41) is 14.0. The molecule has 3 heterocycles. The Morgan fingerprint density at radius 3 is 2.75 bits per heavy atom. The van der Waals surface area contributed by atoms with Gasteiger partial charge in [0.25, 0.3) is 11.6 Å². The molecule has 2 fully saturated rings. The Kier molecular flexibility index (Phi) is 4.93. The van der Waals surface area contributed by atoms with Crippen molar-refractivity contribution < 1.29 is 18.9 Å². The van der Waals surface area contributed by atoms with Crippen LogP contribution in [0.2, 0.25) is 0 Å². The second kappa shape index (κ2) is 7.53. The average Bonchev–Trinajstić information content (AvgIpc) is 3.41. The summed E-state index contributed by atoms with van der Waals surface area (Å²) in [5.74, 6) is 0.811. The number of nitrogens with zero attached hydrogens (tertiary/aromatic N) is 2. The normalized spacial score (nSPS) is 20.8. The molecule has 2 aliphatic heterocycles. The highest BCUT2D eigenvalue weighted by molar-refractivity contribution is 7.80. The van der Waals surface area contributed by atoms with Crippen LogP contribution >= 0.6 is 12.2 Å². The maximum absolute atomic E-state index is 12.6. The van der Waals surface area contributed by atoms with E-state index in [1.807, 2.05) is 0 Å². The van der Waals surface area contributed by atoms with E-state index < -0.39 is 4.92 Å². The number of amides is 1. The van der Waals surface area contributed by atoms with Crippen LogP contribution < -0.4 is 5.32 Å². The fraction of sp³-hybridized carbons (Fsp3) is 0.263. The monoisotopic (exact) mass is 399 g/mol. The Labute approximate surface area is 165 Å². The number of hydrogen-bond donors (Lipinski definition) is 1. The Morgan fingerprint density at radius 1 is 1.29 bits per heavy atom. The van der Waals surface area contributed by atoms with Gasteiger partial charge in [-0.1, -0.05) is 0 Å². The molecule has 2 aromatic rings. The summed E-state index contributed by atoms with van der Waals surface area (Å²) in [4.78, 5) is 24.4. The van der Waals surface area contributed by atoms with Gasteiger partial charge in [0.05, 0.1) is 17.6 Å². The largest absolute Gasteiger partial charge is 0.457 e. The molecule has 0 saturated carbocycles. The molecule has 4 rings (SSSR count). The number of rotatable bonds is 5. The second-order valence-electron chi connectivity index (χ2n) is 6.54. The summed E-state index contributed by atoms with van der Waals surface area (Å²) >= 11 is 5.27. The van der Waals surface area contributed by atoms with E-state index in [1.54, 1.807) is 30.3 Å². The lowest BCUT2D eigenvalue weighted by Gasteiger charge is -2.18. The number of hydrogen-bond acceptors (Lipinski definition) is 6. The molecule has 1 unspecified atom stereocenters. The molecule has 1 N–H and O–H groups in total. The van der Waals surface area contributed by atoms with Crippen molar-refractivity contribution in [3.05, 3.63) is 58.0 Å². The van der Waals surface area contributed by atoms with E-state index in [9.17, 15) is 14.9 Å². The Bertz CT molecular complexity index is 960. The number of benzene rings is 1. The quantitative estimate of drug-likeness (QED) is 0.357. The molecule has 0 spiro atoms. The minimum Gasteiger partial charge on any atom is -0.457 e. The summed E-state index contributed by atoms with van der Waals surface area (Å²) in [6, 6.07) is 9.54. The lowest BCUT2D eigenvalue weighted by atomic mass is 10.1. The van der Waals surface area contributed by atoms with Crippen molar-refractivity contribution in [3.8, 4) is 11.3 Å². The van der Waals surface area contributed by atoms with E-state index in [0.29, 0.717) is 41.0 Å². The minimum absolute atomic E-state index is 0.0123. The summed E-state index contributed by atoms with van der Waals surface area (Å²) < 4.78 is 11.3. The Balaban J connectivity index is 1.49. The van der Waals surface area contributed by atoms with Crippen LogP contribution in [0, 0.1) is 10.1 Å². The highest BCUT2D eigenvalue weighted by Gasteiger charge is 2.33. The molecule has 28 heavy (non-hydrogen) atoms. The predicted molar refractivity (Wildman–Crippen MR) is 105 cm³/mol. The third-order valence-electron chi connectivity index (χ3n) is 4.65. The average molecular weight is 399 g/mol. The fourth-order valence-electron chi connectivity index (χ4n) is 3.20. The first-order valence-electron chi connectivity index (χ1n) is 8.82. The van der Waals surface area contributed by atoms with Gasteiger partial charge in [-0.15, -0.1) is 0 Å². The fourth-order valence-corrected chi connectivity index (χ4v) is 3.47. The third kappa shape index (κ3) is 3.67. The molecule has 1 aromatic heterocycles. The maximum Gasteiger partial charge on any atom is 0.276 e. The number of furan rings is 1. The molecular weight excluding hydrogens is 382 g/mol. The number of nitrogens with one attached hydrogen (secondary N) is 1. The first-order valence-corrected chi connectivity index (χ1v) is 9.23. The van der Waals surface area contributed by atoms with Gasteiger partial charge in [0.1, 0.15) is 17.2 Å². The first-order chi connectivity index (χ1) is 13.5. The Hall–Kier alpha value is -3.04. The number of ether oxygens (including phenoxy) is 1. The van der Waals surface area contributed by atoms with Crippen molar-refractivity contribution in [2.45, 2.75) is 18.9 Å². The van der Waals surface area contributed by atoms with E-state index >= 15 is 0 Å². The van der Waals surface area contributed by atoms with Crippen molar-refractivity contribution in [2.75, 3.05) is 13.2 Å². The first kappa shape index (κ1) is 18.3. The topological polar surface area (TPSA) is 97.8 Å². The zero-order valence-electron chi connectivity index (χ0n) is 14.8. The molecule has 0 bridgehead atoms. The van der Waals surface area contributed by atoms with Crippen LogP contribution in [0.15, 0.2) is 46.5 Å². The lowest BCUT2D eigenvalue weighted by molar-refractivity contribution is -0.384. The summed E-state index contributed by atoms with van der Waals surface area (Å²) in [6.45, 7) is 1.15. The molecular formula is C19H17N3O5S. The van der Waals surface area contributed by atoms with Gasteiger partial charge >= 0.3 is 0 Å². The number of non-ortho nitro benzene ring substituents is 1. The van der Waals surface area contributed by atoms with Gasteiger partial charge in [-0.05, 0) is 49.3 Å². The van der Waals surface area contributed by atoms with Gasteiger partial charge in [-0.25, -0.2) is 0 Å². The van der Waals surface area contributed by atoms with Gasteiger partial charge in [0, 0.05) is 30.4 Å². The molecule has 8 nitrogen and oxygen atoms in total. The number of carbonyl (C=O) groups excluding carboxylic acids is 1. The zero-order valence-corrected chi connectivity index (χ0v) is 15.6. The van der Waals surface area contributed by atoms with Gasteiger partial charge in [-0.3, -0.25) is 19.8 Å². The molecule has 1 aromatic carbocycles. The van der Waals surface area contributed by atoms with Crippen LogP contribution in [0.25, 0.3) is 17.4 Å². The third-order valence-corrected chi connectivity index (χ3v) is 4.97. The molecule has 9 heteroatoms. The van der Waals surface area contributed by atoms with Crippen LogP contribution in [-0.4, -0.2) is 40.1 Å². The van der Waals surface area contributed by atoms with Crippen molar-refractivity contribution in [2.24, 2.45) is 0 Å². The lowest BCUT2D eigenvalue weighted by Crippen LogP contribution is -2.37. The van der Waals surface area contributed by atoms with E-state index in [0.717, 1.165) is 12.8 Å². The van der Waals surface area contributed by atoms with E-state index in [-0.39, 0.29) is 17.7 Å². The van der Waals surface area contributed by atoms with Crippen molar-refractivity contribution in [3.63, 3.8) is 0 Å². The smallest absolute Gasteiger partial charge is 0.276 e. The predicted octanol–water partition coefficient (Wildman–Crippen LogP) is 3.09. The maximum atomic E-state index is 12.6. The summed E-state index contributed by atoms with van der Waals surface area (Å²) in [5.41, 5.74) is 1.06. The zero-order chi connectivity index (χ0) is 19.7. The van der Waals surface area contributed by atoms with E-state index in [2.05, 4.69) is 5.32 Å². The molecule has 1 amide bonds.